The van der Waals surface area contributed by atoms with Crippen LogP contribution in [0.4, 0.5) is 5.69 Å². The molecule has 0 fully saturated rings. The number of benzene rings is 1. The van der Waals surface area contributed by atoms with Crippen molar-refractivity contribution in [2.24, 2.45) is 0 Å². The van der Waals surface area contributed by atoms with E-state index in [1.165, 1.54) is 0 Å². The van der Waals surface area contributed by atoms with E-state index in [0.717, 1.165) is 24.1 Å². The molecule has 1 aromatic heterocycles. The average molecular weight is 277 g/mol. The highest BCUT2D eigenvalue weighted by Gasteiger charge is 2.26. The van der Waals surface area contributed by atoms with Crippen molar-refractivity contribution in [2.75, 3.05) is 11.4 Å². The van der Waals surface area contributed by atoms with Crippen LogP contribution in [-0.4, -0.2) is 17.6 Å². The molecule has 0 saturated carbocycles. The van der Waals surface area contributed by atoms with Gasteiger partial charge in [-0.05, 0) is 43.5 Å². The minimum atomic E-state index is -0.149. The number of hydrogen-bond acceptors (Lipinski definition) is 3. The second-order valence-corrected chi connectivity index (χ2v) is 5.10. The normalized spacial score (nSPS) is 14.3. The van der Waals surface area contributed by atoms with Crippen molar-refractivity contribution < 1.29 is 9.32 Å². The molecule has 0 unspecified atom stereocenters. The number of hydrogen-bond donors (Lipinski definition) is 0. The topological polar surface area (TPSA) is 46.3 Å². The molecule has 1 aliphatic heterocycles. The molecule has 4 nitrogen and oxygen atoms in total. The molecule has 3 rings (SSSR count). The zero-order valence-corrected chi connectivity index (χ0v) is 11.3. The van der Waals surface area contributed by atoms with Crippen molar-refractivity contribution in [3.63, 3.8) is 0 Å². The summed E-state index contributed by atoms with van der Waals surface area (Å²) in [7, 11) is 0. The van der Waals surface area contributed by atoms with Gasteiger partial charge in [-0.25, -0.2) is 0 Å². The fraction of sp³-hybridized carbons (Fsp3) is 0.286. The summed E-state index contributed by atoms with van der Waals surface area (Å²) in [5.41, 5.74) is 2.72. The molecular weight excluding hydrogens is 264 g/mol. The quantitative estimate of drug-likeness (QED) is 0.803. The van der Waals surface area contributed by atoms with E-state index in [2.05, 4.69) is 5.16 Å². The van der Waals surface area contributed by atoms with Gasteiger partial charge >= 0.3 is 0 Å². The molecule has 5 heteroatoms. The summed E-state index contributed by atoms with van der Waals surface area (Å²) < 4.78 is 5.05. The summed E-state index contributed by atoms with van der Waals surface area (Å²) in [5, 5.41) is 4.46. The van der Waals surface area contributed by atoms with Gasteiger partial charge in [-0.1, -0.05) is 16.8 Å². The van der Waals surface area contributed by atoms with Crippen LogP contribution < -0.4 is 4.90 Å². The molecule has 0 bridgehead atoms. The largest absolute Gasteiger partial charge is 0.351 e. The number of fused-ring (bicyclic) bond motifs is 1. The standard InChI is InChI=1S/C14H13ClN2O2/c1-9-7-13(19-16-9)14(18)17-6-2-3-10-8-11(15)4-5-12(10)17/h4-5,7-8H,2-3,6H2,1H3. The van der Waals surface area contributed by atoms with Crippen LogP contribution in [0.2, 0.25) is 5.02 Å². The molecule has 1 amide bonds. The first-order valence-electron chi connectivity index (χ1n) is 6.19. The molecule has 98 valence electrons. The second kappa shape index (κ2) is 4.70. The van der Waals surface area contributed by atoms with E-state index in [0.29, 0.717) is 17.3 Å². The van der Waals surface area contributed by atoms with E-state index >= 15 is 0 Å². The molecule has 19 heavy (non-hydrogen) atoms. The maximum atomic E-state index is 12.4. The Bertz CT molecular complexity index is 636. The van der Waals surface area contributed by atoms with Crippen LogP contribution in [0.15, 0.2) is 28.8 Å². The SMILES string of the molecule is Cc1cc(C(=O)N2CCCc3cc(Cl)ccc32)on1. The third-order valence-corrected chi connectivity index (χ3v) is 3.48. The number of aromatic nitrogens is 1. The highest BCUT2D eigenvalue weighted by atomic mass is 35.5. The lowest BCUT2D eigenvalue weighted by Gasteiger charge is -2.28. The summed E-state index contributed by atoms with van der Waals surface area (Å²) >= 11 is 5.99. The number of anilines is 1. The van der Waals surface area contributed by atoms with Gasteiger partial charge in [0.25, 0.3) is 5.91 Å². The van der Waals surface area contributed by atoms with Crippen molar-refractivity contribution in [3.05, 3.63) is 46.3 Å². The molecule has 0 radical (unpaired) electrons. The third kappa shape index (κ3) is 2.24. The third-order valence-electron chi connectivity index (χ3n) is 3.24. The van der Waals surface area contributed by atoms with Gasteiger partial charge in [0.1, 0.15) is 0 Å². The van der Waals surface area contributed by atoms with Gasteiger partial charge in [0, 0.05) is 23.3 Å². The average Bonchev–Trinajstić information content (AvgIpc) is 2.83. The highest BCUT2D eigenvalue weighted by molar-refractivity contribution is 6.30. The molecule has 0 atom stereocenters. The Kier molecular flexibility index (Phi) is 3.03. The molecule has 2 heterocycles. The maximum Gasteiger partial charge on any atom is 0.296 e. The molecular formula is C14H13ClN2O2. The van der Waals surface area contributed by atoms with Crippen molar-refractivity contribution in [2.45, 2.75) is 19.8 Å². The van der Waals surface area contributed by atoms with E-state index in [1.807, 2.05) is 12.1 Å². The zero-order chi connectivity index (χ0) is 13.4. The number of carbonyl (C=O) groups is 1. The Morgan fingerprint density at radius 3 is 3.00 bits per heavy atom. The Morgan fingerprint density at radius 2 is 2.26 bits per heavy atom. The van der Waals surface area contributed by atoms with Crippen LogP contribution in [0.1, 0.15) is 28.2 Å². The van der Waals surface area contributed by atoms with Crippen molar-refractivity contribution >= 4 is 23.2 Å². The fourth-order valence-corrected chi connectivity index (χ4v) is 2.57. The summed E-state index contributed by atoms with van der Waals surface area (Å²) in [6.07, 6.45) is 1.86. The van der Waals surface area contributed by atoms with Crippen LogP contribution in [-0.2, 0) is 6.42 Å². The van der Waals surface area contributed by atoms with Crippen LogP contribution in [0, 0.1) is 6.92 Å². The van der Waals surface area contributed by atoms with Crippen LogP contribution in [0.3, 0.4) is 0 Å². The van der Waals surface area contributed by atoms with Gasteiger partial charge in [-0.3, -0.25) is 4.79 Å². The minimum Gasteiger partial charge on any atom is -0.351 e. The number of rotatable bonds is 1. The van der Waals surface area contributed by atoms with Gasteiger partial charge in [0.05, 0.1) is 5.69 Å². The van der Waals surface area contributed by atoms with Gasteiger partial charge < -0.3 is 9.42 Å². The monoisotopic (exact) mass is 276 g/mol. The molecule has 1 aromatic carbocycles. The van der Waals surface area contributed by atoms with Crippen molar-refractivity contribution in [1.29, 1.82) is 0 Å². The van der Waals surface area contributed by atoms with E-state index in [4.69, 9.17) is 16.1 Å². The minimum absolute atomic E-state index is 0.149. The predicted octanol–water partition coefficient (Wildman–Crippen LogP) is 3.23. The molecule has 0 spiro atoms. The van der Waals surface area contributed by atoms with Crippen LogP contribution in [0.5, 0.6) is 0 Å². The maximum absolute atomic E-state index is 12.4. The smallest absolute Gasteiger partial charge is 0.296 e. The number of aryl methyl sites for hydroxylation is 2. The lowest BCUT2D eigenvalue weighted by Crippen LogP contribution is -2.35. The Labute approximate surface area is 115 Å². The first-order valence-corrected chi connectivity index (χ1v) is 6.56. The van der Waals surface area contributed by atoms with E-state index in [1.54, 1.807) is 24.0 Å². The highest BCUT2D eigenvalue weighted by Crippen LogP contribution is 2.30. The lowest BCUT2D eigenvalue weighted by molar-refractivity contribution is 0.0949. The number of halogens is 1. The molecule has 0 saturated heterocycles. The van der Waals surface area contributed by atoms with Gasteiger partial charge in [-0.15, -0.1) is 0 Å². The van der Waals surface area contributed by atoms with Crippen molar-refractivity contribution in [1.82, 2.24) is 5.16 Å². The number of nitrogens with zero attached hydrogens (tertiary/aromatic N) is 2. The van der Waals surface area contributed by atoms with E-state index in [9.17, 15) is 4.79 Å². The first kappa shape index (κ1) is 12.2. The van der Waals surface area contributed by atoms with E-state index in [-0.39, 0.29) is 11.7 Å². The summed E-state index contributed by atoms with van der Waals surface area (Å²) in [6, 6.07) is 7.27. The summed E-state index contributed by atoms with van der Waals surface area (Å²) in [4.78, 5) is 14.2. The molecule has 0 aliphatic carbocycles. The lowest BCUT2D eigenvalue weighted by atomic mass is 10.0. The Morgan fingerprint density at radius 1 is 1.42 bits per heavy atom. The molecule has 1 aliphatic rings. The van der Waals surface area contributed by atoms with Crippen LogP contribution >= 0.6 is 11.6 Å². The molecule has 0 N–H and O–H groups in total. The van der Waals surface area contributed by atoms with Crippen molar-refractivity contribution in [3.8, 4) is 0 Å². The number of carbonyl (C=O) groups excluding carboxylic acids is 1. The first-order chi connectivity index (χ1) is 9.15. The molecule has 2 aromatic rings. The number of amides is 1. The zero-order valence-electron chi connectivity index (χ0n) is 10.5. The van der Waals surface area contributed by atoms with E-state index < -0.39 is 0 Å². The van der Waals surface area contributed by atoms with Gasteiger partial charge in [0.2, 0.25) is 5.76 Å². The van der Waals surface area contributed by atoms with Gasteiger partial charge in [0.15, 0.2) is 0 Å². The van der Waals surface area contributed by atoms with Gasteiger partial charge in [-0.2, -0.15) is 0 Å². The summed E-state index contributed by atoms with van der Waals surface area (Å²) in [6.45, 7) is 2.48. The second-order valence-electron chi connectivity index (χ2n) is 4.67. The Balaban J connectivity index is 1.97. The van der Waals surface area contributed by atoms with Crippen LogP contribution in [0.25, 0.3) is 0 Å². The Hall–Kier alpha value is -1.81. The fourth-order valence-electron chi connectivity index (χ4n) is 2.37. The summed E-state index contributed by atoms with van der Waals surface area (Å²) in [5.74, 6) is 0.129. The predicted molar refractivity (Wildman–Crippen MR) is 72.7 cm³/mol.